The number of benzene rings is 4. The van der Waals surface area contributed by atoms with Crippen molar-refractivity contribution >= 4 is 28.8 Å². The molecule has 5 aromatic rings. The van der Waals surface area contributed by atoms with Gasteiger partial charge in [0.2, 0.25) is 5.91 Å². The number of amides is 2. The summed E-state index contributed by atoms with van der Waals surface area (Å²) in [6.07, 6.45) is -3.77. The van der Waals surface area contributed by atoms with Crippen LogP contribution in [0.25, 0.3) is 22.4 Å². The maximum Gasteiger partial charge on any atom is 0.416 e. The number of nitrogens with zero attached hydrogens (tertiary/aromatic N) is 2. The fourth-order valence-corrected chi connectivity index (χ4v) is 5.30. The number of aromatic nitrogens is 2. The quantitative estimate of drug-likeness (QED) is 0.0603. The van der Waals surface area contributed by atoms with Gasteiger partial charge in [0, 0.05) is 24.2 Å². The summed E-state index contributed by atoms with van der Waals surface area (Å²) in [7, 11) is 1.57. The number of halogens is 3. The van der Waals surface area contributed by atoms with Gasteiger partial charge in [-0.1, -0.05) is 24.3 Å². The Labute approximate surface area is 279 Å². The summed E-state index contributed by atoms with van der Waals surface area (Å²) in [4.78, 5) is 30.9. The van der Waals surface area contributed by atoms with Crippen molar-refractivity contribution in [3.63, 3.8) is 0 Å². The number of ether oxygens (including phenoxy) is 2. The van der Waals surface area contributed by atoms with Gasteiger partial charge in [-0.2, -0.15) is 13.2 Å². The van der Waals surface area contributed by atoms with Gasteiger partial charge in [0.25, 0.3) is 5.91 Å². The van der Waals surface area contributed by atoms with Crippen LogP contribution in [0.2, 0.25) is 0 Å². The first-order chi connectivity index (χ1) is 23.4. The summed E-state index contributed by atoms with van der Waals surface area (Å²) >= 11 is 0. The van der Waals surface area contributed by atoms with Crippen LogP contribution in [-0.4, -0.2) is 41.0 Å². The Balaban J connectivity index is 1.48. The standard InChI is InChI=1S/C35H34F3N7O4/c1-48-25-11-13-26(14-12-25)49-27-8-3-6-22(18-27)32-44-28-19-23(33(47)43-20-21-5-2-7-24(17-21)35(36,37)38)10-15-29(28)45(32)30(31(39)46)9-4-16-42-34(40)41/h2-3,5-8,10-15,17-19,30H,4,9,16,20H2,1H3,(H2,39,46)(H,43,47)(H4,40,41,42). The molecule has 0 aliphatic heterocycles. The number of guanidine groups is 1. The van der Waals surface area contributed by atoms with E-state index in [-0.39, 0.29) is 30.1 Å². The number of hydrogen-bond donors (Lipinski definition) is 5. The van der Waals surface area contributed by atoms with Gasteiger partial charge in [-0.3, -0.25) is 15.0 Å². The second-order valence-electron chi connectivity index (χ2n) is 11.1. The van der Waals surface area contributed by atoms with Gasteiger partial charge in [-0.25, -0.2) is 4.98 Å². The molecule has 4 aromatic carbocycles. The van der Waals surface area contributed by atoms with Gasteiger partial charge in [-0.05, 0) is 85.1 Å². The number of carbonyl (C=O) groups excluding carboxylic acids is 2. The minimum atomic E-state index is -4.50. The molecule has 5 rings (SSSR count). The summed E-state index contributed by atoms with van der Waals surface area (Å²) in [6, 6.07) is 22.8. The van der Waals surface area contributed by atoms with Crippen molar-refractivity contribution in [3.05, 3.63) is 108 Å². The van der Waals surface area contributed by atoms with Gasteiger partial charge >= 0.3 is 6.18 Å². The normalized spacial score (nSPS) is 11.9. The number of hydrogen-bond acceptors (Lipinski definition) is 6. The Bertz CT molecular complexity index is 1980. The van der Waals surface area contributed by atoms with E-state index >= 15 is 0 Å². The highest BCUT2D eigenvalue weighted by Gasteiger charge is 2.30. The van der Waals surface area contributed by atoms with E-state index in [1.54, 1.807) is 78.4 Å². The van der Waals surface area contributed by atoms with Crippen molar-refractivity contribution in [1.82, 2.24) is 20.2 Å². The zero-order valence-electron chi connectivity index (χ0n) is 26.4. The summed E-state index contributed by atoms with van der Waals surface area (Å²) in [5.74, 6) is 0.799. The van der Waals surface area contributed by atoms with Gasteiger partial charge < -0.3 is 36.1 Å². The average molecular weight is 674 g/mol. The molecule has 0 aliphatic carbocycles. The third-order valence-electron chi connectivity index (χ3n) is 7.66. The first-order valence-electron chi connectivity index (χ1n) is 15.2. The fraction of sp³-hybridized carbons (Fsp3) is 0.200. The number of carbonyl (C=O) groups is 2. The first-order valence-corrected chi connectivity index (χ1v) is 15.2. The zero-order valence-corrected chi connectivity index (χ0v) is 26.4. The van der Waals surface area contributed by atoms with E-state index in [1.807, 2.05) is 0 Å². The Kier molecular flexibility index (Phi) is 10.4. The zero-order chi connectivity index (χ0) is 35.1. The molecule has 0 aliphatic rings. The first kappa shape index (κ1) is 34.3. The van der Waals surface area contributed by atoms with Crippen LogP contribution in [-0.2, 0) is 17.5 Å². The van der Waals surface area contributed by atoms with Gasteiger partial charge in [0.1, 0.15) is 29.1 Å². The molecule has 14 heteroatoms. The topological polar surface area (TPSA) is 170 Å². The second-order valence-corrected chi connectivity index (χ2v) is 11.1. The van der Waals surface area contributed by atoms with Crippen LogP contribution in [0.3, 0.4) is 0 Å². The van der Waals surface area contributed by atoms with Gasteiger partial charge in [0.05, 0.1) is 23.7 Å². The van der Waals surface area contributed by atoms with Crippen molar-refractivity contribution in [2.75, 3.05) is 13.7 Å². The summed E-state index contributed by atoms with van der Waals surface area (Å²) in [5.41, 5.74) is 12.5. The van der Waals surface area contributed by atoms with Crippen LogP contribution in [0.15, 0.2) is 91.0 Å². The molecule has 0 fully saturated rings. The Morgan fingerprint density at radius 1 is 0.918 bits per heavy atom. The lowest BCUT2D eigenvalue weighted by Crippen LogP contribution is -2.32. The van der Waals surface area contributed by atoms with E-state index in [4.69, 9.17) is 31.3 Å². The van der Waals surface area contributed by atoms with E-state index in [0.29, 0.717) is 52.6 Å². The van der Waals surface area contributed by atoms with Crippen molar-refractivity contribution < 1.29 is 32.2 Å². The molecule has 0 saturated carbocycles. The van der Waals surface area contributed by atoms with Crippen molar-refractivity contribution in [3.8, 4) is 28.6 Å². The highest BCUT2D eigenvalue weighted by atomic mass is 19.4. The van der Waals surface area contributed by atoms with Gasteiger partial charge in [0.15, 0.2) is 5.96 Å². The number of rotatable bonds is 13. The Morgan fingerprint density at radius 2 is 1.65 bits per heavy atom. The number of alkyl halides is 3. The summed E-state index contributed by atoms with van der Waals surface area (Å²) < 4.78 is 52.5. The Hall–Kier alpha value is -6.05. The van der Waals surface area contributed by atoms with E-state index in [2.05, 4.69) is 10.6 Å². The molecule has 0 radical (unpaired) electrons. The molecule has 11 nitrogen and oxygen atoms in total. The van der Waals surface area contributed by atoms with Crippen LogP contribution >= 0.6 is 0 Å². The van der Waals surface area contributed by atoms with Crippen LogP contribution in [0.4, 0.5) is 13.2 Å². The van der Waals surface area contributed by atoms with Crippen LogP contribution in [0, 0.1) is 5.41 Å². The molecule has 0 spiro atoms. The minimum Gasteiger partial charge on any atom is -0.497 e. The lowest BCUT2D eigenvalue weighted by molar-refractivity contribution is -0.137. The van der Waals surface area contributed by atoms with Crippen molar-refractivity contribution in [2.45, 2.75) is 31.6 Å². The predicted molar refractivity (Wildman–Crippen MR) is 178 cm³/mol. The monoisotopic (exact) mass is 673 g/mol. The number of fused-ring (bicyclic) bond motifs is 1. The lowest BCUT2D eigenvalue weighted by atomic mass is 10.1. The van der Waals surface area contributed by atoms with Crippen molar-refractivity contribution in [1.29, 1.82) is 5.41 Å². The lowest BCUT2D eigenvalue weighted by Gasteiger charge is -2.20. The van der Waals surface area contributed by atoms with Crippen LogP contribution in [0.1, 0.15) is 40.4 Å². The summed E-state index contributed by atoms with van der Waals surface area (Å²) in [6.45, 7) is 0.210. The summed E-state index contributed by atoms with van der Waals surface area (Å²) in [5, 5.41) is 12.8. The van der Waals surface area contributed by atoms with E-state index in [0.717, 1.165) is 12.1 Å². The molecule has 0 bridgehead atoms. The minimum absolute atomic E-state index is 0.125. The molecule has 0 saturated heterocycles. The maximum absolute atomic E-state index is 13.2. The highest BCUT2D eigenvalue weighted by Crippen LogP contribution is 2.34. The molecule has 1 heterocycles. The third-order valence-corrected chi connectivity index (χ3v) is 7.66. The number of primary amides is 1. The Morgan fingerprint density at radius 3 is 2.35 bits per heavy atom. The number of nitrogens with one attached hydrogen (secondary N) is 3. The molecule has 1 aromatic heterocycles. The average Bonchev–Trinajstić information content (AvgIpc) is 3.45. The molecule has 2 amide bonds. The molecule has 254 valence electrons. The number of imidazole rings is 1. The van der Waals surface area contributed by atoms with Crippen LogP contribution in [0.5, 0.6) is 17.2 Å². The fourth-order valence-electron chi connectivity index (χ4n) is 5.30. The largest absolute Gasteiger partial charge is 0.497 e. The highest BCUT2D eigenvalue weighted by molar-refractivity contribution is 5.98. The molecular weight excluding hydrogens is 639 g/mol. The van der Waals surface area contributed by atoms with E-state index in [9.17, 15) is 22.8 Å². The number of methoxy groups -OCH3 is 1. The molecular formula is C35H34F3N7O4. The van der Waals surface area contributed by atoms with Crippen LogP contribution < -0.4 is 31.6 Å². The van der Waals surface area contributed by atoms with Gasteiger partial charge in [-0.15, -0.1) is 0 Å². The molecule has 1 unspecified atom stereocenters. The van der Waals surface area contributed by atoms with E-state index in [1.165, 1.54) is 12.1 Å². The maximum atomic E-state index is 13.2. The predicted octanol–water partition coefficient (Wildman–Crippen LogP) is 5.74. The molecule has 49 heavy (non-hydrogen) atoms. The number of nitrogens with two attached hydrogens (primary N) is 2. The molecule has 7 N–H and O–H groups in total. The SMILES string of the molecule is COc1ccc(Oc2cccc(-c3nc4cc(C(=O)NCc5cccc(C(F)(F)F)c5)ccc4n3C(CCCNC(=N)N)C(N)=O)c2)cc1. The van der Waals surface area contributed by atoms with Crippen molar-refractivity contribution in [2.24, 2.45) is 11.5 Å². The second kappa shape index (κ2) is 14.8. The smallest absolute Gasteiger partial charge is 0.416 e. The van der Waals surface area contributed by atoms with E-state index < -0.39 is 29.6 Å². The molecule has 1 atom stereocenters. The third kappa shape index (κ3) is 8.46.